The van der Waals surface area contributed by atoms with Crippen LogP contribution in [-0.4, -0.2) is 27.4 Å². The van der Waals surface area contributed by atoms with Crippen molar-refractivity contribution in [3.8, 4) is 0 Å². The van der Waals surface area contributed by atoms with Gasteiger partial charge in [-0.05, 0) is 39.0 Å². The zero-order chi connectivity index (χ0) is 13.6. The number of hydrogen-bond acceptors (Lipinski definition) is 2. The van der Waals surface area contributed by atoms with E-state index in [4.69, 9.17) is 9.47 Å². The molecule has 0 heterocycles. The predicted molar refractivity (Wildman–Crippen MR) is 76.7 cm³/mol. The highest BCUT2D eigenvalue weighted by Gasteiger charge is 2.41. The van der Waals surface area contributed by atoms with Gasteiger partial charge in [-0.25, -0.2) is 0 Å². The van der Waals surface area contributed by atoms with E-state index in [1.165, 1.54) is 18.4 Å². The maximum Gasteiger partial charge on any atom is 0.0544 e. The Hall–Kier alpha value is -0.600. The lowest BCUT2D eigenvalue weighted by Gasteiger charge is -2.27. The van der Waals surface area contributed by atoms with Crippen LogP contribution in [0.15, 0.2) is 23.3 Å². The molecule has 1 saturated carbocycles. The molecule has 0 bridgehead atoms. The van der Waals surface area contributed by atoms with Gasteiger partial charge >= 0.3 is 0 Å². The number of rotatable bonds is 6. The Morgan fingerprint density at radius 3 is 2.33 bits per heavy atom. The standard InChI is InChI=1S/C16H28O2/c1-6-14-9-16(11-17-4,12-18-5)10-15(14)8-7-13(2)3/h7-8,14H,6,9-12H2,1-5H3/b15-8-. The highest BCUT2D eigenvalue weighted by molar-refractivity contribution is 5.23. The summed E-state index contributed by atoms with van der Waals surface area (Å²) in [6.07, 6.45) is 8.05. The first-order chi connectivity index (χ1) is 8.56. The molecule has 1 rings (SSSR count). The fourth-order valence-electron chi connectivity index (χ4n) is 3.05. The second-order valence-corrected chi connectivity index (χ2v) is 5.84. The minimum absolute atomic E-state index is 0.186. The van der Waals surface area contributed by atoms with E-state index >= 15 is 0 Å². The summed E-state index contributed by atoms with van der Waals surface area (Å²) in [6.45, 7) is 8.15. The Labute approximate surface area is 112 Å². The van der Waals surface area contributed by atoms with Crippen molar-refractivity contribution >= 4 is 0 Å². The molecule has 1 fully saturated rings. The lowest BCUT2D eigenvalue weighted by molar-refractivity contribution is 0.0129. The summed E-state index contributed by atoms with van der Waals surface area (Å²) in [5.41, 5.74) is 3.10. The monoisotopic (exact) mass is 252 g/mol. The molecular weight excluding hydrogens is 224 g/mol. The van der Waals surface area contributed by atoms with Crippen molar-refractivity contribution in [1.82, 2.24) is 0 Å². The molecule has 1 aliphatic rings. The summed E-state index contributed by atoms with van der Waals surface area (Å²) in [5.74, 6) is 0.686. The first-order valence-electron chi connectivity index (χ1n) is 6.88. The molecule has 0 amide bonds. The third-order valence-corrected chi connectivity index (χ3v) is 3.81. The molecule has 1 unspecified atom stereocenters. The molecule has 0 aromatic heterocycles. The van der Waals surface area contributed by atoms with Crippen molar-refractivity contribution < 1.29 is 9.47 Å². The molecular formula is C16H28O2. The maximum atomic E-state index is 5.43. The van der Waals surface area contributed by atoms with Gasteiger partial charge in [0.2, 0.25) is 0 Å². The molecule has 18 heavy (non-hydrogen) atoms. The summed E-state index contributed by atoms with van der Waals surface area (Å²) in [7, 11) is 3.58. The van der Waals surface area contributed by atoms with Gasteiger partial charge in [-0.2, -0.15) is 0 Å². The van der Waals surface area contributed by atoms with Crippen LogP contribution in [0.25, 0.3) is 0 Å². The number of allylic oxidation sites excluding steroid dienone is 4. The fraction of sp³-hybridized carbons (Fsp3) is 0.750. The molecule has 2 heteroatoms. The molecule has 0 spiro atoms. The Bertz CT molecular complexity index is 305. The van der Waals surface area contributed by atoms with Crippen LogP contribution in [-0.2, 0) is 9.47 Å². The Balaban J connectivity index is 2.88. The van der Waals surface area contributed by atoms with Gasteiger partial charge in [0, 0.05) is 19.6 Å². The second kappa shape index (κ2) is 7.10. The highest BCUT2D eigenvalue weighted by atomic mass is 16.5. The lowest BCUT2D eigenvalue weighted by Crippen LogP contribution is -2.28. The van der Waals surface area contributed by atoms with E-state index in [1.54, 1.807) is 19.8 Å². The maximum absolute atomic E-state index is 5.43. The van der Waals surface area contributed by atoms with Crippen LogP contribution in [0.5, 0.6) is 0 Å². The first kappa shape index (κ1) is 15.5. The van der Waals surface area contributed by atoms with E-state index in [9.17, 15) is 0 Å². The number of methoxy groups -OCH3 is 2. The van der Waals surface area contributed by atoms with Crippen molar-refractivity contribution in [3.05, 3.63) is 23.3 Å². The molecule has 104 valence electrons. The lowest BCUT2D eigenvalue weighted by atomic mass is 9.86. The SMILES string of the molecule is CCC1CC(COC)(COC)C/C1=C/C=C(C)C. The molecule has 0 aromatic carbocycles. The van der Waals surface area contributed by atoms with E-state index in [0.717, 1.165) is 19.6 Å². The largest absolute Gasteiger partial charge is 0.384 e. The van der Waals surface area contributed by atoms with E-state index in [2.05, 4.69) is 32.9 Å². The van der Waals surface area contributed by atoms with Crippen molar-refractivity contribution in [2.75, 3.05) is 27.4 Å². The van der Waals surface area contributed by atoms with Gasteiger partial charge in [0.15, 0.2) is 0 Å². The average molecular weight is 252 g/mol. The van der Waals surface area contributed by atoms with Gasteiger partial charge < -0.3 is 9.47 Å². The molecule has 0 N–H and O–H groups in total. The second-order valence-electron chi connectivity index (χ2n) is 5.84. The van der Waals surface area contributed by atoms with Crippen LogP contribution in [0, 0.1) is 11.3 Å². The van der Waals surface area contributed by atoms with Gasteiger partial charge in [0.1, 0.15) is 0 Å². The van der Waals surface area contributed by atoms with E-state index < -0.39 is 0 Å². The normalized spacial score (nSPS) is 24.5. The van der Waals surface area contributed by atoms with Crippen LogP contribution in [0.2, 0.25) is 0 Å². The first-order valence-corrected chi connectivity index (χ1v) is 6.88. The van der Waals surface area contributed by atoms with Gasteiger partial charge in [-0.1, -0.05) is 30.2 Å². The van der Waals surface area contributed by atoms with Gasteiger partial charge in [-0.15, -0.1) is 0 Å². The minimum atomic E-state index is 0.186. The summed E-state index contributed by atoms with van der Waals surface area (Å²) in [4.78, 5) is 0. The van der Waals surface area contributed by atoms with Gasteiger partial charge in [0.05, 0.1) is 13.2 Å². The third kappa shape index (κ3) is 3.96. The minimum Gasteiger partial charge on any atom is -0.384 e. The van der Waals surface area contributed by atoms with Crippen LogP contribution in [0.4, 0.5) is 0 Å². The molecule has 2 nitrogen and oxygen atoms in total. The Morgan fingerprint density at radius 1 is 1.28 bits per heavy atom. The average Bonchev–Trinajstić information content (AvgIpc) is 2.66. The predicted octanol–water partition coefficient (Wildman–Crippen LogP) is 3.98. The fourth-order valence-corrected chi connectivity index (χ4v) is 3.05. The topological polar surface area (TPSA) is 18.5 Å². The third-order valence-electron chi connectivity index (χ3n) is 3.81. The van der Waals surface area contributed by atoms with Crippen molar-refractivity contribution in [2.45, 2.75) is 40.0 Å². The summed E-state index contributed by atoms with van der Waals surface area (Å²) < 4.78 is 10.9. The quantitative estimate of drug-likeness (QED) is 0.712. The molecule has 1 atom stereocenters. The number of hydrogen-bond donors (Lipinski definition) is 0. The Kier molecular flexibility index (Phi) is 6.10. The van der Waals surface area contributed by atoms with Crippen LogP contribution in [0.3, 0.4) is 0 Å². The van der Waals surface area contributed by atoms with Crippen LogP contribution >= 0.6 is 0 Å². The molecule has 0 radical (unpaired) electrons. The Morgan fingerprint density at radius 2 is 1.89 bits per heavy atom. The molecule has 0 saturated heterocycles. The van der Waals surface area contributed by atoms with Gasteiger partial charge in [0.25, 0.3) is 0 Å². The van der Waals surface area contributed by atoms with Crippen molar-refractivity contribution in [3.63, 3.8) is 0 Å². The summed E-state index contributed by atoms with van der Waals surface area (Å²) in [5, 5.41) is 0. The summed E-state index contributed by atoms with van der Waals surface area (Å²) >= 11 is 0. The smallest absolute Gasteiger partial charge is 0.0544 e. The van der Waals surface area contributed by atoms with Crippen molar-refractivity contribution in [2.24, 2.45) is 11.3 Å². The van der Waals surface area contributed by atoms with E-state index in [0.29, 0.717) is 5.92 Å². The molecule has 0 aliphatic heterocycles. The zero-order valence-electron chi connectivity index (χ0n) is 12.6. The highest BCUT2D eigenvalue weighted by Crippen LogP contribution is 2.47. The number of ether oxygens (including phenoxy) is 2. The van der Waals surface area contributed by atoms with Crippen molar-refractivity contribution in [1.29, 1.82) is 0 Å². The van der Waals surface area contributed by atoms with Crippen LogP contribution in [0.1, 0.15) is 40.0 Å². The molecule has 0 aromatic rings. The van der Waals surface area contributed by atoms with Crippen LogP contribution < -0.4 is 0 Å². The summed E-state index contributed by atoms with van der Waals surface area (Å²) in [6, 6.07) is 0. The van der Waals surface area contributed by atoms with E-state index in [1.807, 2.05) is 0 Å². The zero-order valence-corrected chi connectivity index (χ0v) is 12.6. The molecule has 1 aliphatic carbocycles. The van der Waals surface area contributed by atoms with E-state index in [-0.39, 0.29) is 5.41 Å². The van der Waals surface area contributed by atoms with Gasteiger partial charge in [-0.3, -0.25) is 0 Å².